The minimum Gasteiger partial charge on any atom is -0.350 e. The fraction of sp³-hybridized carbons (Fsp3) is 0.917. The molecule has 0 radical (unpaired) electrons. The molecule has 1 heterocycles. The van der Waals surface area contributed by atoms with Gasteiger partial charge in [-0.3, -0.25) is 4.79 Å². The molecule has 0 spiro atoms. The molecule has 0 aromatic carbocycles. The van der Waals surface area contributed by atoms with E-state index in [-0.39, 0.29) is 17.4 Å². The molecule has 2 rings (SSSR count). The molecule has 3 nitrogen and oxygen atoms in total. The number of piperidine rings is 1. The minimum absolute atomic E-state index is 0.161. The summed E-state index contributed by atoms with van der Waals surface area (Å²) in [6.07, 6.45) is 6.90. The predicted octanol–water partition coefficient (Wildman–Crippen LogP) is 1.43. The summed E-state index contributed by atoms with van der Waals surface area (Å²) in [5, 5.41) is 6.57. The fourth-order valence-corrected chi connectivity index (χ4v) is 2.61. The number of rotatable bonds is 3. The highest BCUT2D eigenvalue weighted by Crippen LogP contribution is 2.35. The van der Waals surface area contributed by atoms with Crippen LogP contribution in [0.2, 0.25) is 0 Å². The standard InChI is InChI=1S/C12H22N2O/c1-2-12(6-4-7-12)14-11(15)10-5-3-8-13-9-10/h10,13H,2-9H2,1H3,(H,14,15). The maximum Gasteiger partial charge on any atom is 0.224 e. The smallest absolute Gasteiger partial charge is 0.224 e. The summed E-state index contributed by atoms with van der Waals surface area (Å²) in [7, 11) is 0. The Labute approximate surface area is 92.0 Å². The lowest BCUT2D eigenvalue weighted by molar-refractivity contribution is -0.128. The molecule has 2 fully saturated rings. The van der Waals surface area contributed by atoms with E-state index in [1.807, 2.05) is 0 Å². The van der Waals surface area contributed by atoms with Gasteiger partial charge in [-0.15, -0.1) is 0 Å². The molecule has 15 heavy (non-hydrogen) atoms. The van der Waals surface area contributed by atoms with Gasteiger partial charge in [0.25, 0.3) is 0 Å². The van der Waals surface area contributed by atoms with E-state index in [0.717, 1.165) is 32.4 Å². The summed E-state index contributed by atoms with van der Waals surface area (Å²) >= 11 is 0. The highest BCUT2D eigenvalue weighted by molar-refractivity contribution is 5.79. The Morgan fingerprint density at radius 1 is 1.47 bits per heavy atom. The van der Waals surface area contributed by atoms with Gasteiger partial charge < -0.3 is 10.6 Å². The molecule has 2 N–H and O–H groups in total. The maximum absolute atomic E-state index is 12.0. The van der Waals surface area contributed by atoms with Crippen molar-refractivity contribution < 1.29 is 4.79 Å². The van der Waals surface area contributed by atoms with Crippen molar-refractivity contribution in [1.29, 1.82) is 0 Å². The molecule has 1 unspecified atom stereocenters. The first-order valence-electron chi connectivity index (χ1n) is 6.28. The van der Waals surface area contributed by atoms with Crippen LogP contribution in [0.5, 0.6) is 0 Å². The van der Waals surface area contributed by atoms with E-state index in [2.05, 4.69) is 17.6 Å². The minimum atomic E-state index is 0.161. The highest BCUT2D eigenvalue weighted by Gasteiger charge is 2.37. The monoisotopic (exact) mass is 210 g/mol. The lowest BCUT2D eigenvalue weighted by Crippen LogP contribution is -2.55. The van der Waals surface area contributed by atoms with Crippen molar-refractivity contribution in [3.63, 3.8) is 0 Å². The van der Waals surface area contributed by atoms with Gasteiger partial charge in [-0.2, -0.15) is 0 Å². The van der Waals surface area contributed by atoms with Crippen LogP contribution in [0.25, 0.3) is 0 Å². The molecule has 2 aliphatic rings. The Balaban J connectivity index is 1.85. The van der Waals surface area contributed by atoms with Crippen molar-refractivity contribution in [2.24, 2.45) is 5.92 Å². The molecule has 1 aliphatic carbocycles. The van der Waals surface area contributed by atoms with Crippen LogP contribution in [0.3, 0.4) is 0 Å². The van der Waals surface area contributed by atoms with Gasteiger partial charge >= 0.3 is 0 Å². The molecular weight excluding hydrogens is 188 g/mol. The largest absolute Gasteiger partial charge is 0.350 e. The van der Waals surface area contributed by atoms with Gasteiger partial charge in [0.1, 0.15) is 0 Å². The van der Waals surface area contributed by atoms with Crippen molar-refractivity contribution >= 4 is 5.91 Å². The molecule has 1 atom stereocenters. The van der Waals surface area contributed by atoms with Gasteiger partial charge in [-0.25, -0.2) is 0 Å². The second kappa shape index (κ2) is 4.52. The molecule has 1 saturated heterocycles. The molecule has 1 saturated carbocycles. The van der Waals surface area contributed by atoms with Crippen LogP contribution in [0.4, 0.5) is 0 Å². The molecule has 3 heteroatoms. The Morgan fingerprint density at radius 2 is 2.27 bits per heavy atom. The fourth-order valence-electron chi connectivity index (χ4n) is 2.61. The Hall–Kier alpha value is -0.570. The first-order chi connectivity index (χ1) is 7.26. The second-order valence-electron chi connectivity index (χ2n) is 5.02. The van der Waals surface area contributed by atoms with Crippen LogP contribution in [0.1, 0.15) is 45.4 Å². The quantitative estimate of drug-likeness (QED) is 0.740. The lowest BCUT2D eigenvalue weighted by Gasteiger charge is -2.43. The van der Waals surface area contributed by atoms with E-state index in [9.17, 15) is 4.79 Å². The van der Waals surface area contributed by atoms with Crippen molar-refractivity contribution in [1.82, 2.24) is 10.6 Å². The molecule has 86 valence electrons. The first-order valence-corrected chi connectivity index (χ1v) is 6.28. The van der Waals surface area contributed by atoms with E-state index >= 15 is 0 Å². The number of carbonyl (C=O) groups is 1. The Morgan fingerprint density at radius 3 is 2.73 bits per heavy atom. The van der Waals surface area contributed by atoms with Gasteiger partial charge in [-0.1, -0.05) is 6.92 Å². The first kappa shape index (κ1) is 10.9. The summed E-state index contributed by atoms with van der Waals surface area (Å²) in [6, 6.07) is 0. The molecule has 0 bridgehead atoms. The van der Waals surface area contributed by atoms with Crippen molar-refractivity contribution in [2.45, 2.75) is 51.0 Å². The number of amides is 1. The average molecular weight is 210 g/mol. The zero-order valence-corrected chi connectivity index (χ0v) is 9.64. The molecule has 1 aliphatic heterocycles. The van der Waals surface area contributed by atoms with E-state index in [1.165, 1.54) is 19.3 Å². The van der Waals surface area contributed by atoms with Crippen LogP contribution in [0, 0.1) is 5.92 Å². The number of carbonyl (C=O) groups excluding carboxylic acids is 1. The van der Waals surface area contributed by atoms with Crippen molar-refractivity contribution in [2.75, 3.05) is 13.1 Å². The third kappa shape index (κ3) is 2.33. The van der Waals surface area contributed by atoms with Gasteiger partial charge in [0.2, 0.25) is 5.91 Å². The van der Waals surface area contributed by atoms with Gasteiger partial charge in [-0.05, 0) is 45.1 Å². The molecule has 1 amide bonds. The number of nitrogens with one attached hydrogen (secondary N) is 2. The van der Waals surface area contributed by atoms with Crippen molar-refractivity contribution in [3.05, 3.63) is 0 Å². The SMILES string of the molecule is CCC1(NC(=O)C2CCCNC2)CCC1. The average Bonchev–Trinajstić information content (AvgIpc) is 2.24. The summed E-state index contributed by atoms with van der Waals surface area (Å²) in [5.74, 6) is 0.492. The van der Waals surface area contributed by atoms with Crippen LogP contribution in [-0.2, 0) is 4.79 Å². The predicted molar refractivity (Wildman–Crippen MR) is 60.6 cm³/mol. The van der Waals surface area contributed by atoms with Gasteiger partial charge in [0.05, 0.1) is 5.92 Å². The number of hydrogen-bond donors (Lipinski definition) is 2. The molecular formula is C12H22N2O. The molecule has 0 aromatic rings. The van der Waals surface area contributed by atoms with Gasteiger partial charge in [0, 0.05) is 12.1 Å². The zero-order valence-electron chi connectivity index (χ0n) is 9.64. The van der Waals surface area contributed by atoms with E-state index in [1.54, 1.807) is 0 Å². The lowest BCUT2D eigenvalue weighted by atomic mass is 9.74. The third-order valence-corrected chi connectivity index (χ3v) is 4.04. The number of hydrogen-bond acceptors (Lipinski definition) is 2. The van der Waals surface area contributed by atoms with E-state index in [0.29, 0.717) is 0 Å². The topological polar surface area (TPSA) is 41.1 Å². The highest BCUT2D eigenvalue weighted by atomic mass is 16.2. The van der Waals surface area contributed by atoms with E-state index in [4.69, 9.17) is 0 Å². The van der Waals surface area contributed by atoms with Crippen LogP contribution >= 0.6 is 0 Å². The van der Waals surface area contributed by atoms with Crippen molar-refractivity contribution in [3.8, 4) is 0 Å². The van der Waals surface area contributed by atoms with Crippen LogP contribution < -0.4 is 10.6 Å². The maximum atomic E-state index is 12.0. The second-order valence-corrected chi connectivity index (χ2v) is 5.02. The normalized spacial score (nSPS) is 29.3. The third-order valence-electron chi connectivity index (χ3n) is 4.04. The zero-order chi connectivity index (χ0) is 10.7. The summed E-state index contributed by atoms with van der Waals surface area (Å²) in [4.78, 5) is 12.0. The van der Waals surface area contributed by atoms with Crippen LogP contribution in [-0.4, -0.2) is 24.5 Å². The molecule has 0 aromatic heterocycles. The summed E-state index contributed by atoms with van der Waals surface area (Å²) in [6.45, 7) is 4.12. The Bertz CT molecular complexity index is 224. The van der Waals surface area contributed by atoms with Crippen LogP contribution in [0.15, 0.2) is 0 Å². The van der Waals surface area contributed by atoms with Gasteiger partial charge in [0.15, 0.2) is 0 Å². The van der Waals surface area contributed by atoms with E-state index < -0.39 is 0 Å². The summed E-state index contributed by atoms with van der Waals surface area (Å²) in [5.41, 5.74) is 0.161. The summed E-state index contributed by atoms with van der Waals surface area (Å²) < 4.78 is 0. The Kier molecular flexibility index (Phi) is 3.29.